The SMILES string of the molecule is O=C1Nc2cc3ccoc3c3cccc1c23. The topological polar surface area (TPSA) is 42.2 Å². The van der Waals surface area contributed by atoms with Gasteiger partial charge in [-0.25, -0.2) is 0 Å². The molecule has 3 aromatic rings. The van der Waals surface area contributed by atoms with Crippen molar-refractivity contribution in [3.8, 4) is 0 Å². The van der Waals surface area contributed by atoms with Crippen molar-refractivity contribution in [3.05, 3.63) is 42.2 Å². The smallest absolute Gasteiger partial charge is 0.256 e. The Bertz CT molecular complexity index is 755. The molecule has 0 spiro atoms. The van der Waals surface area contributed by atoms with Gasteiger partial charge >= 0.3 is 0 Å². The van der Waals surface area contributed by atoms with Gasteiger partial charge in [0.25, 0.3) is 5.91 Å². The molecular formula is C13H7NO2. The number of amides is 1. The van der Waals surface area contributed by atoms with Gasteiger partial charge < -0.3 is 9.73 Å². The molecule has 0 saturated heterocycles. The molecule has 3 heteroatoms. The van der Waals surface area contributed by atoms with Crippen molar-refractivity contribution < 1.29 is 9.21 Å². The molecule has 1 aliphatic rings. The van der Waals surface area contributed by atoms with E-state index in [2.05, 4.69) is 5.32 Å². The number of carbonyl (C=O) groups is 1. The first-order valence-corrected chi connectivity index (χ1v) is 5.09. The van der Waals surface area contributed by atoms with E-state index in [-0.39, 0.29) is 5.91 Å². The first-order chi connectivity index (χ1) is 7.84. The second-order valence-corrected chi connectivity index (χ2v) is 3.95. The summed E-state index contributed by atoms with van der Waals surface area (Å²) in [6, 6.07) is 9.56. The van der Waals surface area contributed by atoms with E-state index in [1.807, 2.05) is 30.3 Å². The van der Waals surface area contributed by atoms with Crippen molar-refractivity contribution in [2.75, 3.05) is 5.32 Å². The highest BCUT2D eigenvalue weighted by molar-refractivity contribution is 6.27. The number of rotatable bonds is 0. The maximum atomic E-state index is 11.7. The third-order valence-corrected chi connectivity index (χ3v) is 3.07. The van der Waals surface area contributed by atoms with Crippen LogP contribution in [-0.4, -0.2) is 5.91 Å². The van der Waals surface area contributed by atoms with Gasteiger partial charge in [0.2, 0.25) is 0 Å². The summed E-state index contributed by atoms with van der Waals surface area (Å²) in [5.41, 5.74) is 2.45. The van der Waals surface area contributed by atoms with E-state index < -0.39 is 0 Å². The fourth-order valence-electron chi connectivity index (χ4n) is 2.39. The summed E-state index contributed by atoms with van der Waals surface area (Å²) in [6.07, 6.45) is 1.67. The Kier molecular flexibility index (Phi) is 1.21. The Morgan fingerprint density at radius 1 is 1.19 bits per heavy atom. The highest BCUT2D eigenvalue weighted by atomic mass is 16.3. The molecule has 2 aromatic carbocycles. The average Bonchev–Trinajstić information content (AvgIpc) is 2.87. The fraction of sp³-hybridized carbons (Fsp3) is 0. The van der Waals surface area contributed by atoms with Gasteiger partial charge in [0.15, 0.2) is 0 Å². The van der Waals surface area contributed by atoms with Gasteiger partial charge in [-0.1, -0.05) is 12.1 Å². The summed E-state index contributed by atoms with van der Waals surface area (Å²) >= 11 is 0. The van der Waals surface area contributed by atoms with Gasteiger partial charge in [-0.3, -0.25) is 4.79 Å². The van der Waals surface area contributed by atoms with E-state index >= 15 is 0 Å². The summed E-state index contributed by atoms with van der Waals surface area (Å²) in [6.45, 7) is 0. The third-order valence-electron chi connectivity index (χ3n) is 3.07. The van der Waals surface area contributed by atoms with E-state index in [9.17, 15) is 4.79 Å². The molecule has 4 rings (SSSR count). The van der Waals surface area contributed by atoms with Crippen molar-refractivity contribution in [2.24, 2.45) is 0 Å². The Morgan fingerprint density at radius 2 is 2.12 bits per heavy atom. The molecule has 3 nitrogen and oxygen atoms in total. The maximum absolute atomic E-state index is 11.7. The number of anilines is 1. The Balaban J connectivity index is 2.38. The standard InChI is InChI=1S/C13H7NO2/c15-13-9-3-1-2-8-11(9)10(14-13)6-7-4-5-16-12(7)8/h1-6H,(H,14,15). The largest absolute Gasteiger partial charge is 0.464 e. The monoisotopic (exact) mass is 209 g/mol. The minimum atomic E-state index is -0.0340. The second-order valence-electron chi connectivity index (χ2n) is 3.95. The van der Waals surface area contributed by atoms with Gasteiger partial charge in [-0.05, 0) is 18.2 Å². The number of carbonyl (C=O) groups excluding carboxylic acids is 1. The van der Waals surface area contributed by atoms with Crippen molar-refractivity contribution in [2.45, 2.75) is 0 Å². The van der Waals surface area contributed by atoms with Crippen LogP contribution in [0.3, 0.4) is 0 Å². The van der Waals surface area contributed by atoms with E-state index in [1.54, 1.807) is 6.26 Å². The van der Waals surface area contributed by atoms with Crippen LogP contribution in [0.15, 0.2) is 41.0 Å². The zero-order valence-corrected chi connectivity index (χ0v) is 8.28. The van der Waals surface area contributed by atoms with Crippen molar-refractivity contribution in [1.82, 2.24) is 0 Å². The van der Waals surface area contributed by atoms with Crippen LogP contribution in [0.25, 0.3) is 21.7 Å². The quantitative estimate of drug-likeness (QED) is 0.618. The molecule has 0 fully saturated rings. The van der Waals surface area contributed by atoms with Crippen molar-refractivity contribution >= 4 is 33.3 Å². The van der Waals surface area contributed by atoms with Gasteiger partial charge in [-0.15, -0.1) is 0 Å². The molecule has 0 radical (unpaired) electrons. The van der Waals surface area contributed by atoms with Crippen molar-refractivity contribution in [3.63, 3.8) is 0 Å². The summed E-state index contributed by atoms with van der Waals surface area (Å²) in [5, 5.41) is 5.85. The van der Waals surface area contributed by atoms with E-state index in [4.69, 9.17) is 4.42 Å². The third kappa shape index (κ3) is 0.772. The van der Waals surface area contributed by atoms with Crippen LogP contribution in [-0.2, 0) is 0 Å². The summed E-state index contributed by atoms with van der Waals surface area (Å²) < 4.78 is 5.47. The summed E-state index contributed by atoms with van der Waals surface area (Å²) in [5.74, 6) is -0.0340. The lowest BCUT2D eigenvalue weighted by atomic mass is 10.0. The van der Waals surface area contributed by atoms with Crippen LogP contribution in [0.5, 0.6) is 0 Å². The molecule has 2 heterocycles. The van der Waals surface area contributed by atoms with Gasteiger partial charge in [-0.2, -0.15) is 0 Å². The predicted molar refractivity (Wildman–Crippen MR) is 61.7 cm³/mol. The first kappa shape index (κ1) is 7.93. The highest BCUT2D eigenvalue weighted by Crippen LogP contribution is 2.38. The number of benzene rings is 2. The van der Waals surface area contributed by atoms with Crippen molar-refractivity contribution in [1.29, 1.82) is 0 Å². The average molecular weight is 209 g/mol. The molecule has 0 saturated carbocycles. The van der Waals surface area contributed by atoms with E-state index in [1.165, 1.54) is 0 Å². The molecule has 1 aliphatic heterocycles. The lowest BCUT2D eigenvalue weighted by Gasteiger charge is -2.00. The zero-order valence-electron chi connectivity index (χ0n) is 8.28. The highest BCUT2D eigenvalue weighted by Gasteiger charge is 2.23. The lowest BCUT2D eigenvalue weighted by Crippen LogP contribution is -2.03. The maximum Gasteiger partial charge on any atom is 0.256 e. The molecule has 0 aliphatic carbocycles. The van der Waals surface area contributed by atoms with Gasteiger partial charge in [0, 0.05) is 21.7 Å². The number of furan rings is 1. The lowest BCUT2D eigenvalue weighted by molar-refractivity contribution is 0.103. The number of hydrogen-bond donors (Lipinski definition) is 1. The molecule has 0 unspecified atom stereocenters. The minimum Gasteiger partial charge on any atom is -0.464 e. The molecule has 0 atom stereocenters. The Morgan fingerprint density at radius 3 is 3.06 bits per heavy atom. The van der Waals surface area contributed by atoms with Gasteiger partial charge in [0.1, 0.15) is 5.58 Å². The molecule has 1 aromatic heterocycles. The minimum absolute atomic E-state index is 0.0340. The second kappa shape index (κ2) is 2.44. The van der Waals surface area contributed by atoms with Crippen LogP contribution in [0, 0.1) is 0 Å². The molecule has 0 bridgehead atoms. The molecule has 1 N–H and O–H groups in total. The molecular weight excluding hydrogens is 202 g/mol. The van der Waals surface area contributed by atoms with Crippen LogP contribution in [0.2, 0.25) is 0 Å². The summed E-state index contributed by atoms with van der Waals surface area (Å²) in [7, 11) is 0. The number of nitrogens with one attached hydrogen (secondary N) is 1. The zero-order chi connectivity index (χ0) is 10.7. The normalized spacial score (nSPS) is 13.6. The van der Waals surface area contributed by atoms with E-state index in [0.29, 0.717) is 0 Å². The Hall–Kier alpha value is -2.29. The fourth-order valence-corrected chi connectivity index (χ4v) is 2.39. The first-order valence-electron chi connectivity index (χ1n) is 5.09. The van der Waals surface area contributed by atoms with Crippen LogP contribution >= 0.6 is 0 Å². The number of fused-ring (bicyclic) bond motifs is 2. The van der Waals surface area contributed by atoms with E-state index in [0.717, 1.165) is 33.0 Å². The molecule has 76 valence electrons. The number of hydrogen-bond acceptors (Lipinski definition) is 2. The molecule has 16 heavy (non-hydrogen) atoms. The van der Waals surface area contributed by atoms with Gasteiger partial charge in [0.05, 0.1) is 12.0 Å². The molecule has 1 amide bonds. The van der Waals surface area contributed by atoms with Crippen LogP contribution < -0.4 is 5.32 Å². The van der Waals surface area contributed by atoms with Crippen LogP contribution in [0.4, 0.5) is 5.69 Å². The Labute approximate surface area is 90.7 Å². The van der Waals surface area contributed by atoms with Crippen LogP contribution in [0.1, 0.15) is 10.4 Å². The summed E-state index contributed by atoms with van der Waals surface area (Å²) in [4.78, 5) is 11.7. The predicted octanol–water partition coefficient (Wildman–Crippen LogP) is 3.15.